The van der Waals surface area contributed by atoms with E-state index in [0.29, 0.717) is 11.1 Å². The number of ether oxygens (including phenoxy) is 1. The Kier molecular flexibility index (Phi) is 5.15. The van der Waals surface area contributed by atoms with Crippen LogP contribution in [0.25, 0.3) is 0 Å². The van der Waals surface area contributed by atoms with Gasteiger partial charge in [-0.25, -0.2) is 9.78 Å². The number of carboxylic acid groups (broad SMARTS) is 1. The van der Waals surface area contributed by atoms with Gasteiger partial charge in [0.15, 0.2) is 0 Å². The Morgan fingerprint density at radius 3 is 2.84 bits per heavy atom. The summed E-state index contributed by atoms with van der Waals surface area (Å²) in [5.41, 5.74) is 0.0908. The van der Waals surface area contributed by atoms with Crippen LogP contribution in [0.4, 0.5) is 0 Å². The van der Waals surface area contributed by atoms with Crippen molar-refractivity contribution >= 4 is 21.9 Å². The van der Waals surface area contributed by atoms with E-state index in [0.717, 1.165) is 19.6 Å². The monoisotopic (exact) mass is 328 g/mol. The lowest BCUT2D eigenvalue weighted by Gasteiger charge is -2.26. The number of nitrogens with zero attached hydrogens (tertiary/aromatic N) is 2. The van der Waals surface area contributed by atoms with Crippen molar-refractivity contribution in [1.29, 1.82) is 0 Å². The summed E-state index contributed by atoms with van der Waals surface area (Å²) in [5, 5.41) is 9.09. The molecule has 1 aromatic rings. The molecule has 0 saturated carbocycles. The maximum absolute atomic E-state index is 11.1. The summed E-state index contributed by atoms with van der Waals surface area (Å²) in [4.78, 5) is 17.4. The SMILES string of the molecule is O=C(O)c1cc(Br)cnc1OCCN1CCCCC1. The Hall–Kier alpha value is -1.14. The Morgan fingerprint density at radius 2 is 2.16 bits per heavy atom. The number of pyridine rings is 1. The number of aromatic carboxylic acids is 1. The first kappa shape index (κ1) is 14.3. The molecule has 1 aromatic heterocycles. The third-order valence-corrected chi connectivity index (χ3v) is 3.58. The number of halogens is 1. The van der Waals surface area contributed by atoms with Crippen LogP contribution < -0.4 is 4.74 Å². The molecule has 6 heteroatoms. The average molecular weight is 329 g/mol. The Morgan fingerprint density at radius 1 is 1.42 bits per heavy atom. The number of carboxylic acids is 1. The van der Waals surface area contributed by atoms with Gasteiger partial charge in [-0.3, -0.25) is 4.90 Å². The molecule has 0 spiro atoms. The number of piperidine rings is 1. The molecule has 5 nitrogen and oxygen atoms in total. The second-order valence-electron chi connectivity index (χ2n) is 4.56. The second kappa shape index (κ2) is 6.86. The summed E-state index contributed by atoms with van der Waals surface area (Å²) < 4.78 is 6.13. The van der Waals surface area contributed by atoms with Gasteiger partial charge in [-0.05, 0) is 47.9 Å². The molecule has 0 bridgehead atoms. The summed E-state index contributed by atoms with van der Waals surface area (Å²) in [6.07, 6.45) is 5.31. The van der Waals surface area contributed by atoms with Crippen LogP contribution in [-0.2, 0) is 0 Å². The number of hydrogen-bond donors (Lipinski definition) is 1. The number of aromatic nitrogens is 1. The molecule has 1 N–H and O–H groups in total. The highest BCUT2D eigenvalue weighted by Gasteiger charge is 2.15. The fraction of sp³-hybridized carbons (Fsp3) is 0.538. The molecule has 104 valence electrons. The highest BCUT2D eigenvalue weighted by atomic mass is 79.9. The number of hydrogen-bond acceptors (Lipinski definition) is 4. The lowest BCUT2D eigenvalue weighted by atomic mass is 10.1. The van der Waals surface area contributed by atoms with Gasteiger partial charge in [-0.15, -0.1) is 0 Å². The van der Waals surface area contributed by atoms with Gasteiger partial charge in [-0.1, -0.05) is 6.42 Å². The fourth-order valence-electron chi connectivity index (χ4n) is 2.15. The fourth-order valence-corrected chi connectivity index (χ4v) is 2.48. The predicted molar refractivity (Wildman–Crippen MR) is 74.7 cm³/mol. The Labute approximate surface area is 120 Å². The van der Waals surface area contributed by atoms with Crippen LogP contribution >= 0.6 is 15.9 Å². The molecule has 1 aliphatic rings. The molecule has 0 aliphatic carbocycles. The van der Waals surface area contributed by atoms with Crippen molar-refractivity contribution in [2.75, 3.05) is 26.2 Å². The zero-order valence-electron chi connectivity index (χ0n) is 10.6. The van der Waals surface area contributed by atoms with Crippen molar-refractivity contribution < 1.29 is 14.6 Å². The first-order chi connectivity index (χ1) is 9.16. The minimum atomic E-state index is -1.03. The molecule has 0 amide bonds. The van der Waals surface area contributed by atoms with Crippen molar-refractivity contribution in [2.24, 2.45) is 0 Å². The molecule has 19 heavy (non-hydrogen) atoms. The van der Waals surface area contributed by atoms with Crippen molar-refractivity contribution in [1.82, 2.24) is 9.88 Å². The third-order valence-electron chi connectivity index (χ3n) is 3.14. The summed E-state index contributed by atoms with van der Waals surface area (Å²) in [6.45, 7) is 3.48. The maximum atomic E-state index is 11.1. The smallest absolute Gasteiger partial charge is 0.341 e. The van der Waals surface area contributed by atoms with Crippen molar-refractivity contribution in [3.05, 3.63) is 22.3 Å². The molecule has 0 atom stereocenters. The van der Waals surface area contributed by atoms with E-state index in [-0.39, 0.29) is 11.4 Å². The van der Waals surface area contributed by atoms with E-state index in [1.807, 2.05) is 0 Å². The van der Waals surface area contributed by atoms with E-state index in [1.165, 1.54) is 25.3 Å². The molecule has 1 fully saturated rings. The van der Waals surface area contributed by atoms with Crippen molar-refractivity contribution in [3.63, 3.8) is 0 Å². The van der Waals surface area contributed by atoms with Crippen LogP contribution in [0.5, 0.6) is 5.88 Å². The quantitative estimate of drug-likeness (QED) is 0.899. The van der Waals surface area contributed by atoms with Crippen LogP contribution in [0, 0.1) is 0 Å². The molecule has 0 unspecified atom stereocenters. The largest absolute Gasteiger partial charge is 0.477 e. The van der Waals surface area contributed by atoms with Crippen LogP contribution in [0.15, 0.2) is 16.7 Å². The summed E-state index contributed by atoms with van der Waals surface area (Å²) in [6, 6.07) is 1.51. The van der Waals surface area contributed by atoms with E-state index in [1.54, 1.807) is 6.20 Å². The predicted octanol–water partition coefficient (Wildman–Crippen LogP) is 2.41. The normalized spacial score (nSPS) is 16.3. The van der Waals surface area contributed by atoms with Gasteiger partial charge in [0.2, 0.25) is 5.88 Å². The van der Waals surface area contributed by atoms with Gasteiger partial charge >= 0.3 is 5.97 Å². The highest BCUT2D eigenvalue weighted by molar-refractivity contribution is 9.10. The first-order valence-corrected chi connectivity index (χ1v) is 7.20. The molecule has 2 heterocycles. The lowest BCUT2D eigenvalue weighted by Crippen LogP contribution is -2.33. The molecule has 1 saturated heterocycles. The standard InChI is InChI=1S/C13H17BrN2O3/c14-10-8-11(13(17)18)12(15-9-10)19-7-6-16-4-2-1-3-5-16/h8-9H,1-7H2,(H,17,18). The van der Waals surface area contributed by atoms with Crippen LogP contribution in [0.1, 0.15) is 29.6 Å². The Balaban J connectivity index is 1.89. The lowest BCUT2D eigenvalue weighted by molar-refractivity contribution is 0.0690. The molecular weight excluding hydrogens is 312 g/mol. The van der Waals surface area contributed by atoms with E-state index in [9.17, 15) is 4.79 Å². The van der Waals surface area contributed by atoms with E-state index >= 15 is 0 Å². The van der Waals surface area contributed by atoms with E-state index in [2.05, 4.69) is 25.8 Å². The molecule has 0 radical (unpaired) electrons. The van der Waals surface area contributed by atoms with Crippen LogP contribution in [-0.4, -0.2) is 47.2 Å². The minimum absolute atomic E-state index is 0.0908. The Bertz CT molecular complexity index is 448. The maximum Gasteiger partial charge on any atom is 0.341 e. The van der Waals surface area contributed by atoms with Crippen molar-refractivity contribution in [3.8, 4) is 5.88 Å². The van der Waals surface area contributed by atoms with Gasteiger partial charge in [0, 0.05) is 17.2 Å². The van der Waals surface area contributed by atoms with E-state index < -0.39 is 5.97 Å². The molecular formula is C13H17BrN2O3. The first-order valence-electron chi connectivity index (χ1n) is 6.41. The summed E-state index contributed by atoms with van der Waals surface area (Å²) in [5.74, 6) is -0.838. The summed E-state index contributed by atoms with van der Waals surface area (Å²) in [7, 11) is 0. The van der Waals surface area contributed by atoms with Crippen LogP contribution in [0.3, 0.4) is 0 Å². The number of rotatable bonds is 5. The van der Waals surface area contributed by atoms with Gasteiger partial charge in [0.25, 0.3) is 0 Å². The van der Waals surface area contributed by atoms with E-state index in [4.69, 9.17) is 9.84 Å². The zero-order chi connectivity index (χ0) is 13.7. The molecule has 1 aliphatic heterocycles. The minimum Gasteiger partial charge on any atom is -0.477 e. The van der Waals surface area contributed by atoms with Gasteiger partial charge in [0.05, 0.1) is 0 Å². The topological polar surface area (TPSA) is 62.7 Å². The molecule has 0 aromatic carbocycles. The van der Waals surface area contributed by atoms with Gasteiger partial charge < -0.3 is 9.84 Å². The highest BCUT2D eigenvalue weighted by Crippen LogP contribution is 2.20. The van der Waals surface area contributed by atoms with Gasteiger partial charge in [0.1, 0.15) is 12.2 Å². The third kappa shape index (κ3) is 4.18. The number of likely N-dealkylation sites (tertiary alicyclic amines) is 1. The van der Waals surface area contributed by atoms with Crippen molar-refractivity contribution in [2.45, 2.75) is 19.3 Å². The molecule has 2 rings (SSSR count). The number of carbonyl (C=O) groups is 1. The van der Waals surface area contributed by atoms with Crippen LogP contribution in [0.2, 0.25) is 0 Å². The second-order valence-corrected chi connectivity index (χ2v) is 5.48. The zero-order valence-corrected chi connectivity index (χ0v) is 12.2. The van der Waals surface area contributed by atoms with Gasteiger partial charge in [-0.2, -0.15) is 0 Å². The average Bonchev–Trinajstić information content (AvgIpc) is 2.41. The summed E-state index contributed by atoms with van der Waals surface area (Å²) >= 11 is 3.21.